The molecule has 2 amide bonds. The quantitative estimate of drug-likeness (QED) is 0.0740. The summed E-state index contributed by atoms with van der Waals surface area (Å²) in [5, 5.41) is 3.13. The molecular formula is C44H45N5O7. The first-order valence-corrected chi connectivity index (χ1v) is 18.5. The number of aliphatic imine (C=N–C) groups is 2. The van der Waals surface area contributed by atoms with E-state index in [-0.39, 0.29) is 18.0 Å². The molecule has 0 fully saturated rings. The van der Waals surface area contributed by atoms with E-state index >= 15 is 0 Å². The van der Waals surface area contributed by atoms with Gasteiger partial charge in [0, 0.05) is 69.0 Å². The minimum atomic E-state index is -0.213. The first kappa shape index (κ1) is 37.7. The van der Waals surface area contributed by atoms with Gasteiger partial charge in [-0.2, -0.15) is 0 Å². The van der Waals surface area contributed by atoms with Gasteiger partial charge < -0.3 is 38.8 Å². The molecule has 2 unspecified atom stereocenters. The molecule has 0 saturated heterocycles. The molecule has 12 heteroatoms. The van der Waals surface area contributed by atoms with Gasteiger partial charge >= 0.3 is 0 Å². The van der Waals surface area contributed by atoms with Crippen molar-refractivity contribution in [1.29, 1.82) is 0 Å². The highest BCUT2D eigenvalue weighted by molar-refractivity contribution is 6.05. The fourth-order valence-electron chi connectivity index (χ4n) is 6.97. The third kappa shape index (κ3) is 7.95. The summed E-state index contributed by atoms with van der Waals surface area (Å²) in [5.74, 6) is 2.70. The Morgan fingerprint density at radius 1 is 0.821 bits per heavy atom. The number of carbonyl (C=O) groups is 2. The number of nitrogens with one attached hydrogen (secondary N) is 1. The molecule has 0 saturated carbocycles. The number of rotatable bonds is 15. The molecule has 3 heterocycles. The second-order valence-electron chi connectivity index (χ2n) is 13.6. The molecule has 4 aromatic rings. The third-order valence-electron chi connectivity index (χ3n) is 10.1. The molecule has 288 valence electrons. The highest BCUT2D eigenvalue weighted by atomic mass is 16.5. The predicted octanol–water partition coefficient (Wildman–Crippen LogP) is 7.86. The maximum atomic E-state index is 13.8. The Morgan fingerprint density at radius 3 is 2.14 bits per heavy atom. The molecule has 12 nitrogen and oxygen atoms in total. The molecule has 56 heavy (non-hydrogen) atoms. The van der Waals surface area contributed by atoms with Crippen molar-refractivity contribution in [1.82, 2.24) is 9.80 Å². The van der Waals surface area contributed by atoms with E-state index in [4.69, 9.17) is 33.7 Å². The van der Waals surface area contributed by atoms with Crippen LogP contribution in [0.1, 0.15) is 46.3 Å². The first-order valence-electron chi connectivity index (χ1n) is 18.5. The van der Waals surface area contributed by atoms with Crippen LogP contribution in [0.3, 0.4) is 0 Å². The van der Waals surface area contributed by atoms with Crippen molar-refractivity contribution >= 4 is 53.0 Å². The third-order valence-corrected chi connectivity index (χ3v) is 10.1. The summed E-state index contributed by atoms with van der Waals surface area (Å²) in [5.41, 5.74) is 7.83. The molecule has 7 rings (SSSR count). The lowest BCUT2D eigenvalue weighted by Gasteiger charge is -2.19. The van der Waals surface area contributed by atoms with Gasteiger partial charge in [0.05, 0.1) is 63.6 Å². The Kier molecular flexibility index (Phi) is 11.4. The topological polar surface area (TPSA) is 124 Å². The number of nitrogens with zero attached hydrogens (tertiary/aromatic N) is 4. The molecule has 2 atom stereocenters. The Morgan fingerprint density at radius 2 is 1.48 bits per heavy atom. The second kappa shape index (κ2) is 16.8. The van der Waals surface area contributed by atoms with Gasteiger partial charge in [-0.15, -0.1) is 0 Å². The number of fused-ring (bicyclic) bond motifs is 2. The van der Waals surface area contributed by atoms with Crippen molar-refractivity contribution in [3.05, 3.63) is 107 Å². The number of hydrogen-bond acceptors (Lipinski definition) is 10. The van der Waals surface area contributed by atoms with Crippen LogP contribution in [0, 0.1) is 6.92 Å². The van der Waals surface area contributed by atoms with E-state index in [1.807, 2.05) is 93.2 Å². The van der Waals surface area contributed by atoms with E-state index in [0.29, 0.717) is 72.4 Å². The van der Waals surface area contributed by atoms with Gasteiger partial charge in [-0.3, -0.25) is 19.6 Å². The van der Waals surface area contributed by atoms with Crippen LogP contribution < -0.4 is 29.0 Å². The molecule has 0 spiro atoms. The molecular weight excluding hydrogens is 711 g/mol. The number of methoxy groups -OCH3 is 3. The molecule has 3 aliphatic rings. The minimum Gasteiger partial charge on any atom is -0.497 e. The number of benzene rings is 4. The van der Waals surface area contributed by atoms with E-state index in [1.54, 1.807) is 49.5 Å². The van der Waals surface area contributed by atoms with E-state index in [1.165, 1.54) is 0 Å². The zero-order valence-corrected chi connectivity index (χ0v) is 32.2. The number of amides is 2. The zero-order chi connectivity index (χ0) is 39.2. The molecule has 3 aliphatic heterocycles. The molecule has 4 aromatic carbocycles. The Balaban J connectivity index is 0.968. The van der Waals surface area contributed by atoms with Gasteiger partial charge in [0.2, 0.25) is 6.41 Å². The van der Waals surface area contributed by atoms with Gasteiger partial charge in [0.25, 0.3) is 5.91 Å². The lowest BCUT2D eigenvalue weighted by molar-refractivity contribution is -0.116. The number of carbonyl (C=O) groups excluding carboxylic acids is 2. The Labute approximate surface area is 326 Å². The Bertz CT molecular complexity index is 2210. The van der Waals surface area contributed by atoms with Crippen LogP contribution in [-0.4, -0.2) is 88.2 Å². The smallest absolute Gasteiger partial charge is 0.260 e. The lowest BCUT2D eigenvalue weighted by Crippen LogP contribution is -2.32. The minimum absolute atomic E-state index is 0.152. The van der Waals surface area contributed by atoms with Gasteiger partial charge in [-0.1, -0.05) is 24.3 Å². The van der Waals surface area contributed by atoms with Crippen LogP contribution in [0.15, 0.2) is 95.2 Å². The maximum absolute atomic E-state index is 13.8. The number of anilines is 1. The van der Waals surface area contributed by atoms with E-state index < -0.39 is 0 Å². The van der Waals surface area contributed by atoms with Crippen LogP contribution >= 0.6 is 0 Å². The van der Waals surface area contributed by atoms with E-state index in [0.717, 1.165) is 45.7 Å². The second-order valence-corrected chi connectivity index (χ2v) is 13.6. The summed E-state index contributed by atoms with van der Waals surface area (Å²) in [6.07, 6.45) is 10.1. The highest BCUT2D eigenvalue weighted by Gasteiger charge is 2.33. The fraction of sp³-hybridized carbons (Fsp3) is 0.273. The summed E-state index contributed by atoms with van der Waals surface area (Å²) >= 11 is 0. The van der Waals surface area contributed by atoms with Gasteiger partial charge in [-0.05, 0) is 71.2 Å². The Hall–Kier alpha value is -6.56. The standard InChI is InChI=1S/C44H45N5O7/c1-28-17-40(53-4)42(21-38(28)46-23-34-18-31(25-48(34)27-50)29-7-11-33(45-2)12-8-29)55-15-6-16-56-43-22-39-37(20-41(43)54-5)44(51)49-26-32(19-35(49)24-47-39)30-9-13-36(52-3)14-10-30/h7-14,17,20-27,34-35,45H,6,15-16,18-19H2,1-5H3/b46-23-. The van der Waals surface area contributed by atoms with Crippen LogP contribution in [-0.2, 0) is 4.79 Å². The summed E-state index contributed by atoms with van der Waals surface area (Å²) < 4.78 is 28.9. The zero-order valence-electron chi connectivity index (χ0n) is 32.2. The molecule has 0 aromatic heterocycles. The highest BCUT2D eigenvalue weighted by Crippen LogP contribution is 2.40. The molecule has 1 N–H and O–H groups in total. The largest absolute Gasteiger partial charge is 0.497 e. The number of aryl methyl sites for hydroxylation is 1. The molecule has 0 bridgehead atoms. The summed E-state index contributed by atoms with van der Waals surface area (Å²) in [4.78, 5) is 38.6. The summed E-state index contributed by atoms with van der Waals surface area (Å²) in [6.45, 7) is 2.62. The fourth-order valence-corrected chi connectivity index (χ4v) is 6.97. The van der Waals surface area contributed by atoms with Crippen LogP contribution in [0.25, 0.3) is 11.1 Å². The lowest BCUT2D eigenvalue weighted by atomic mass is 10.0. The van der Waals surface area contributed by atoms with Gasteiger partial charge in [0.15, 0.2) is 23.0 Å². The molecule has 0 aliphatic carbocycles. The number of hydrogen-bond donors (Lipinski definition) is 1. The number of ether oxygens (including phenoxy) is 5. The van der Waals surface area contributed by atoms with E-state index in [9.17, 15) is 9.59 Å². The van der Waals surface area contributed by atoms with Crippen molar-refractivity contribution in [2.24, 2.45) is 9.98 Å². The van der Waals surface area contributed by atoms with Gasteiger partial charge in [0.1, 0.15) is 5.75 Å². The maximum Gasteiger partial charge on any atom is 0.260 e. The van der Waals surface area contributed by atoms with Crippen molar-refractivity contribution < 1.29 is 33.3 Å². The predicted molar refractivity (Wildman–Crippen MR) is 218 cm³/mol. The SMILES string of the molecule is CNc1ccc(C2=CN(C=O)C(/C=N\c3cc(OCCCOc4cc5c(cc4OC)C(=O)N4C=C(c6ccc(OC)cc6)CC4C=N5)c(OC)cc3C)C2)cc1. The van der Waals surface area contributed by atoms with Crippen molar-refractivity contribution in [3.8, 4) is 28.7 Å². The van der Waals surface area contributed by atoms with Crippen molar-refractivity contribution in [2.75, 3.05) is 46.9 Å². The summed E-state index contributed by atoms with van der Waals surface area (Å²) in [6, 6.07) is 22.7. The van der Waals surface area contributed by atoms with Crippen molar-refractivity contribution in [3.63, 3.8) is 0 Å². The summed E-state index contributed by atoms with van der Waals surface area (Å²) in [7, 11) is 6.67. The van der Waals surface area contributed by atoms with Crippen LogP contribution in [0.4, 0.5) is 17.1 Å². The van der Waals surface area contributed by atoms with Gasteiger partial charge in [-0.25, -0.2) is 0 Å². The first-order chi connectivity index (χ1) is 27.3. The van der Waals surface area contributed by atoms with Crippen LogP contribution in [0.2, 0.25) is 0 Å². The average molecular weight is 756 g/mol. The van der Waals surface area contributed by atoms with Crippen LogP contribution in [0.5, 0.6) is 28.7 Å². The van der Waals surface area contributed by atoms with Crippen molar-refractivity contribution in [2.45, 2.75) is 38.3 Å². The average Bonchev–Trinajstić information content (AvgIpc) is 3.84. The monoisotopic (exact) mass is 755 g/mol. The molecule has 0 radical (unpaired) electrons. The van der Waals surface area contributed by atoms with E-state index in [2.05, 4.69) is 5.32 Å². The normalized spacial score (nSPS) is 17.2.